The number of carbonyl (C=O) groups excluding carboxylic acids is 3. The Morgan fingerprint density at radius 3 is 2.66 bits per heavy atom. The Morgan fingerprint density at radius 1 is 1.17 bits per heavy atom. The molecule has 0 saturated carbocycles. The van der Waals surface area contributed by atoms with Crippen molar-refractivity contribution in [3.05, 3.63) is 29.8 Å². The molecule has 0 spiro atoms. The van der Waals surface area contributed by atoms with Gasteiger partial charge in [0.2, 0.25) is 17.7 Å². The second kappa shape index (κ2) is 10.1. The number of hydrogen-bond donors (Lipinski definition) is 0. The van der Waals surface area contributed by atoms with Crippen LogP contribution in [0.5, 0.6) is 0 Å². The summed E-state index contributed by atoms with van der Waals surface area (Å²) in [5.41, 5.74) is 1.12. The summed E-state index contributed by atoms with van der Waals surface area (Å²) in [4.78, 5) is 43.7. The van der Waals surface area contributed by atoms with E-state index >= 15 is 0 Å². The summed E-state index contributed by atoms with van der Waals surface area (Å²) < 4.78 is 0. The van der Waals surface area contributed by atoms with E-state index in [4.69, 9.17) is 0 Å². The first kappa shape index (κ1) is 21.7. The maximum absolute atomic E-state index is 13.0. The fourth-order valence-electron chi connectivity index (χ4n) is 4.16. The van der Waals surface area contributed by atoms with Crippen LogP contribution in [0.2, 0.25) is 0 Å². The van der Waals surface area contributed by atoms with E-state index in [-0.39, 0.29) is 23.6 Å². The lowest BCUT2D eigenvalue weighted by atomic mass is 9.95. The first-order chi connectivity index (χ1) is 14.0. The van der Waals surface area contributed by atoms with Crippen LogP contribution in [-0.2, 0) is 20.9 Å². The van der Waals surface area contributed by atoms with E-state index in [2.05, 4.69) is 12.1 Å². The number of nitrogens with zero attached hydrogens (tertiary/aromatic N) is 3. The van der Waals surface area contributed by atoms with E-state index in [0.717, 1.165) is 24.9 Å². The standard InChI is InChI=1S/C22H31N3O3S/c1-23(15-17-6-3-7-19(14-17)29-2)22(28)18-9-10-21(27)25(16-18)13-5-12-24-11-4-8-20(24)26/h3,6-7,14,18H,4-5,8-13,15-16H2,1-2H3/t18-/m0/s1. The third-order valence-electron chi connectivity index (χ3n) is 5.81. The van der Waals surface area contributed by atoms with Crippen LogP contribution in [-0.4, -0.2) is 71.9 Å². The highest BCUT2D eigenvalue weighted by Gasteiger charge is 2.32. The fraction of sp³-hybridized carbons (Fsp3) is 0.591. The van der Waals surface area contributed by atoms with Crippen molar-refractivity contribution in [2.24, 2.45) is 5.92 Å². The smallest absolute Gasteiger partial charge is 0.227 e. The first-order valence-electron chi connectivity index (χ1n) is 10.4. The quantitative estimate of drug-likeness (QED) is 0.610. The molecule has 158 valence electrons. The van der Waals surface area contributed by atoms with Crippen LogP contribution in [0.15, 0.2) is 29.2 Å². The Kier molecular flexibility index (Phi) is 7.58. The summed E-state index contributed by atoms with van der Waals surface area (Å²) in [5, 5.41) is 0. The van der Waals surface area contributed by atoms with Gasteiger partial charge in [-0.05, 0) is 43.2 Å². The first-order valence-corrected chi connectivity index (χ1v) is 11.6. The van der Waals surface area contributed by atoms with Crippen molar-refractivity contribution in [1.29, 1.82) is 0 Å². The van der Waals surface area contributed by atoms with Crippen molar-refractivity contribution in [3.8, 4) is 0 Å². The second-order valence-electron chi connectivity index (χ2n) is 7.96. The molecule has 3 amide bonds. The highest BCUT2D eigenvalue weighted by Crippen LogP contribution is 2.22. The zero-order chi connectivity index (χ0) is 20.8. The minimum atomic E-state index is -0.144. The van der Waals surface area contributed by atoms with Crippen LogP contribution < -0.4 is 0 Å². The van der Waals surface area contributed by atoms with Gasteiger partial charge in [0.1, 0.15) is 0 Å². The average molecular weight is 418 g/mol. The Hall–Kier alpha value is -2.02. The van der Waals surface area contributed by atoms with E-state index in [1.54, 1.807) is 16.7 Å². The molecule has 2 fully saturated rings. The molecule has 7 heteroatoms. The summed E-state index contributed by atoms with van der Waals surface area (Å²) in [6.07, 6.45) is 5.44. The van der Waals surface area contributed by atoms with Gasteiger partial charge in [-0.2, -0.15) is 0 Å². The van der Waals surface area contributed by atoms with Crippen molar-refractivity contribution in [2.45, 2.75) is 43.5 Å². The molecule has 0 radical (unpaired) electrons. The van der Waals surface area contributed by atoms with Gasteiger partial charge in [-0.25, -0.2) is 0 Å². The van der Waals surface area contributed by atoms with E-state index in [1.165, 1.54) is 4.90 Å². The molecule has 1 atom stereocenters. The number of hydrogen-bond acceptors (Lipinski definition) is 4. The molecule has 6 nitrogen and oxygen atoms in total. The monoisotopic (exact) mass is 417 g/mol. The minimum Gasteiger partial charge on any atom is -0.343 e. The number of thioether (sulfide) groups is 1. The molecule has 0 unspecified atom stereocenters. The molecule has 0 aromatic heterocycles. The molecule has 2 aliphatic heterocycles. The molecule has 0 aliphatic carbocycles. The van der Waals surface area contributed by atoms with Crippen LogP contribution in [0, 0.1) is 5.92 Å². The van der Waals surface area contributed by atoms with Crippen LogP contribution in [0.1, 0.15) is 37.7 Å². The van der Waals surface area contributed by atoms with E-state index < -0.39 is 0 Å². The highest BCUT2D eigenvalue weighted by atomic mass is 32.2. The lowest BCUT2D eigenvalue weighted by Gasteiger charge is -2.34. The number of carbonyl (C=O) groups is 3. The molecule has 2 aliphatic rings. The SMILES string of the molecule is CSc1cccc(CN(C)C(=O)[C@H]2CCC(=O)N(CCCN3CCCC3=O)C2)c1. The number of piperidine rings is 1. The summed E-state index contributed by atoms with van der Waals surface area (Å²) >= 11 is 1.69. The summed E-state index contributed by atoms with van der Waals surface area (Å²) in [6.45, 7) is 3.21. The van der Waals surface area contributed by atoms with E-state index in [1.807, 2.05) is 35.2 Å². The summed E-state index contributed by atoms with van der Waals surface area (Å²) in [5.74, 6) is 0.300. The third kappa shape index (κ3) is 5.75. The molecule has 0 bridgehead atoms. The molecular formula is C22H31N3O3S. The second-order valence-corrected chi connectivity index (χ2v) is 8.84. The molecule has 2 saturated heterocycles. The molecule has 1 aromatic carbocycles. The number of rotatable bonds is 8. The molecule has 1 aromatic rings. The van der Waals surface area contributed by atoms with Crippen LogP contribution in [0.25, 0.3) is 0 Å². The van der Waals surface area contributed by atoms with Crippen molar-refractivity contribution in [3.63, 3.8) is 0 Å². The van der Waals surface area contributed by atoms with Crippen molar-refractivity contribution < 1.29 is 14.4 Å². The topological polar surface area (TPSA) is 60.9 Å². The van der Waals surface area contributed by atoms with Gasteiger partial charge in [0, 0.05) is 57.5 Å². The predicted molar refractivity (Wildman–Crippen MR) is 114 cm³/mol. The van der Waals surface area contributed by atoms with Gasteiger partial charge in [-0.1, -0.05) is 12.1 Å². The van der Waals surface area contributed by atoms with E-state index in [9.17, 15) is 14.4 Å². The zero-order valence-corrected chi connectivity index (χ0v) is 18.2. The van der Waals surface area contributed by atoms with Crippen LogP contribution in [0.4, 0.5) is 0 Å². The van der Waals surface area contributed by atoms with Crippen LogP contribution in [0.3, 0.4) is 0 Å². The Morgan fingerprint density at radius 2 is 1.93 bits per heavy atom. The largest absolute Gasteiger partial charge is 0.343 e. The van der Waals surface area contributed by atoms with Crippen molar-refractivity contribution in [2.75, 3.05) is 39.5 Å². The lowest BCUT2D eigenvalue weighted by Crippen LogP contribution is -2.46. The third-order valence-corrected chi connectivity index (χ3v) is 6.53. The number of amides is 3. The van der Waals surface area contributed by atoms with E-state index in [0.29, 0.717) is 45.4 Å². The molecule has 3 rings (SSSR count). The van der Waals surface area contributed by atoms with Gasteiger partial charge < -0.3 is 14.7 Å². The van der Waals surface area contributed by atoms with Gasteiger partial charge in [0.15, 0.2) is 0 Å². The zero-order valence-electron chi connectivity index (χ0n) is 17.4. The Labute approximate surface area is 177 Å². The molecule has 29 heavy (non-hydrogen) atoms. The van der Waals surface area contributed by atoms with Crippen LogP contribution >= 0.6 is 11.8 Å². The molecule has 2 heterocycles. The maximum atomic E-state index is 13.0. The average Bonchev–Trinajstić information content (AvgIpc) is 3.13. The Balaban J connectivity index is 1.50. The normalized spacial score (nSPS) is 19.7. The summed E-state index contributed by atoms with van der Waals surface area (Å²) in [7, 11) is 1.84. The highest BCUT2D eigenvalue weighted by molar-refractivity contribution is 7.98. The van der Waals surface area contributed by atoms with Crippen molar-refractivity contribution >= 4 is 29.5 Å². The Bertz CT molecular complexity index is 755. The van der Waals surface area contributed by atoms with Gasteiger partial charge in [-0.15, -0.1) is 11.8 Å². The summed E-state index contributed by atoms with van der Waals surface area (Å²) in [6, 6.07) is 8.24. The van der Waals surface area contributed by atoms with Gasteiger partial charge in [-0.3, -0.25) is 14.4 Å². The van der Waals surface area contributed by atoms with Gasteiger partial charge in [0.05, 0.1) is 5.92 Å². The maximum Gasteiger partial charge on any atom is 0.227 e. The van der Waals surface area contributed by atoms with Gasteiger partial charge in [0.25, 0.3) is 0 Å². The van der Waals surface area contributed by atoms with Gasteiger partial charge >= 0.3 is 0 Å². The number of likely N-dealkylation sites (tertiary alicyclic amines) is 2. The molecule has 0 N–H and O–H groups in total. The minimum absolute atomic E-state index is 0.103. The lowest BCUT2D eigenvalue weighted by molar-refractivity contribution is -0.142. The van der Waals surface area contributed by atoms with Crippen molar-refractivity contribution in [1.82, 2.24) is 14.7 Å². The molecular weight excluding hydrogens is 386 g/mol. The predicted octanol–water partition coefficient (Wildman–Crippen LogP) is 2.62. The number of benzene rings is 1. The fourth-order valence-corrected chi connectivity index (χ4v) is 4.64.